The van der Waals surface area contributed by atoms with E-state index < -0.39 is 0 Å². The molecule has 0 N–H and O–H groups in total. The van der Waals surface area contributed by atoms with Crippen LogP contribution in [0.2, 0.25) is 0 Å². The van der Waals surface area contributed by atoms with Crippen LogP contribution < -0.4 is 0 Å². The normalized spacial score (nSPS) is 10.7. The average molecular weight is 163 g/mol. The molecule has 0 aliphatic rings. The third-order valence-corrected chi connectivity index (χ3v) is 1.97. The first kappa shape index (κ1) is 9.24. The first-order chi connectivity index (χ1) is 5.68. The summed E-state index contributed by atoms with van der Waals surface area (Å²) in [4.78, 5) is 4.17. The van der Waals surface area contributed by atoms with E-state index in [1.165, 1.54) is 18.4 Å². The van der Waals surface area contributed by atoms with Crippen LogP contribution in [0.4, 0.5) is 0 Å². The summed E-state index contributed by atoms with van der Waals surface area (Å²) in [5.74, 6) is 0.790. The Morgan fingerprint density at radius 1 is 1.42 bits per heavy atom. The second-order valence-electron chi connectivity index (χ2n) is 3.74. The number of hydrogen-bond donors (Lipinski definition) is 0. The summed E-state index contributed by atoms with van der Waals surface area (Å²) in [5.41, 5.74) is 2.53. The Balaban J connectivity index is 2.52. The number of rotatable bonds is 3. The zero-order chi connectivity index (χ0) is 8.97. The van der Waals surface area contributed by atoms with E-state index in [0.29, 0.717) is 0 Å². The lowest BCUT2D eigenvalue weighted by Crippen LogP contribution is -1.93. The summed E-state index contributed by atoms with van der Waals surface area (Å²) in [5, 5.41) is 0. The van der Waals surface area contributed by atoms with Crippen molar-refractivity contribution in [1.82, 2.24) is 4.98 Å². The first-order valence-electron chi connectivity index (χ1n) is 4.60. The molecule has 1 rings (SSSR count). The Hall–Kier alpha value is -0.850. The Kier molecular flexibility index (Phi) is 3.27. The van der Waals surface area contributed by atoms with Crippen LogP contribution >= 0.6 is 0 Å². The van der Waals surface area contributed by atoms with Gasteiger partial charge in [-0.05, 0) is 43.4 Å². The number of hydrogen-bond acceptors (Lipinski definition) is 1. The number of aryl methyl sites for hydroxylation is 2. The number of aromatic nitrogens is 1. The van der Waals surface area contributed by atoms with Crippen LogP contribution in [0.15, 0.2) is 18.3 Å². The number of pyridine rings is 1. The highest BCUT2D eigenvalue weighted by atomic mass is 14.6. The molecule has 0 atom stereocenters. The lowest BCUT2D eigenvalue weighted by molar-refractivity contribution is 0.586. The van der Waals surface area contributed by atoms with Gasteiger partial charge in [-0.3, -0.25) is 4.98 Å². The molecule has 1 aromatic heterocycles. The Bertz CT molecular complexity index is 241. The van der Waals surface area contributed by atoms with Crippen molar-refractivity contribution in [2.24, 2.45) is 5.92 Å². The molecular formula is C11H17N. The van der Waals surface area contributed by atoms with Crippen molar-refractivity contribution in [3.63, 3.8) is 0 Å². The first-order valence-corrected chi connectivity index (χ1v) is 4.60. The molecule has 66 valence electrons. The van der Waals surface area contributed by atoms with Crippen molar-refractivity contribution in [3.05, 3.63) is 29.6 Å². The van der Waals surface area contributed by atoms with Crippen LogP contribution in [0.5, 0.6) is 0 Å². The van der Waals surface area contributed by atoms with E-state index in [1.807, 2.05) is 13.1 Å². The molecule has 1 heteroatoms. The number of nitrogens with zero attached hydrogens (tertiary/aromatic N) is 1. The summed E-state index contributed by atoms with van der Waals surface area (Å²) in [6.45, 7) is 6.56. The van der Waals surface area contributed by atoms with Crippen molar-refractivity contribution < 1.29 is 0 Å². The molecule has 1 nitrogen and oxygen atoms in total. The summed E-state index contributed by atoms with van der Waals surface area (Å²) >= 11 is 0. The molecule has 1 heterocycles. The van der Waals surface area contributed by atoms with E-state index in [0.717, 1.165) is 11.6 Å². The minimum Gasteiger partial charge on any atom is -0.262 e. The Morgan fingerprint density at radius 3 is 2.75 bits per heavy atom. The second kappa shape index (κ2) is 4.24. The van der Waals surface area contributed by atoms with Gasteiger partial charge in [-0.2, -0.15) is 0 Å². The molecule has 0 spiro atoms. The summed E-state index contributed by atoms with van der Waals surface area (Å²) in [6, 6.07) is 4.28. The highest BCUT2D eigenvalue weighted by Crippen LogP contribution is 2.08. The van der Waals surface area contributed by atoms with E-state index in [9.17, 15) is 0 Å². The molecule has 0 bridgehead atoms. The maximum atomic E-state index is 4.17. The molecular weight excluding hydrogens is 146 g/mol. The molecule has 0 fully saturated rings. The lowest BCUT2D eigenvalue weighted by atomic mass is 10.0. The topological polar surface area (TPSA) is 12.9 Å². The van der Waals surface area contributed by atoms with Crippen molar-refractivity contribution in [3.8, 4) is 0 Å². The molecule has 1 aromatic rings. The van der Waals surface area contributed by atoms with Crippen LogP contribution in [0.25, 0.3) is 0 Å². The fourth-order valence-corrected chi connectivity index (χ4v) is 1.22. The van der Waals surface area contributed by atoms with E-state index in [2.05, 4.69) is 31.0 Å². The van der Waals surface area contributed by atoms with Crippen LogP contribution in [-0.4, -0.2) is 4.98 Å². The van der Waals surface area contributed by atoms with Gasteiger partial charge >= 0.3 is 0 Å². The van der Waals surface area contributed by atoms with E-state index in [1.54, 1.807) is 0 Å². The molecule has 0 aliphatic heterocycles. The van der Waals surface area contributed by atoms with Gasteiger partial charge in [0.15, 0.2) is 0 Å². The van der Waals surface area contributed by atoms with Gasteiger partial charge in [-0.25, -0.2) is 0 Å². The highest BCUT2D eigenvalue weighted by Gasteiger charge is 1.96. The van der Waals surface area contributed by atoms with E-state index in [-0.39, 0.29) is 0 Å². The molecule has 0 saturated carbocycles. The van der Waals surface area contributed by atoms with Gasteiger partial charge < -0.3 is 0 Å². The van der Waals surface area contributed by atoms with Crippen molar-refractivity contribution >= 4 is 0 Å². The minimum absolute atomic E-state index is 0.790. The standard InChI is InChI=1S/C11H17N/c1-9(2)4-5-11-6-7-12-10(3)8-11/h6-9H,4-5H2,1-3H3. The summed E-state index contributed by atoms with van der Waals surface area (Å²) in [7, 11) is 0. The van der Waals surface area contributed by atoms with Gasteiger partial charge in [0, 0.05) is 11.9 Å². The Labute approximate surface area is 74.8 Å². The third-order valence-electron chi connectivity index (χ3n) is 1.97. The summed E-state index contributed by atoms with van der Waals surface area (Å²) < 4.78 is 0. The monoisotopic (exact) mass is 163 g/mol. The van der Waals surface area contributed by atoms with Gasteiger partial charge in [0.1, 0.15) is 0 Å². The van der Waals surface area contributed by atoms with Crippen molar-refractivity contribution in [1.29, 1.82) is 0 Å². The maximum absolute atomic E-state index is 4.17. The molecule has 0 amide bonds. The van der Waals surface area contributed by atoms with Crippen LogP contribution in [0.3, 0.4) is 0 Å². The molecule has 12 heavy (non-hydrogen) atoms. The fraction of sp³-hybridized carbons (Fsp3) is 0.545. The van der Waals surface area contributed by atoms with Gasteiger partial charge in [-0.1, -0.05) is 13.8 Å². The van der Waals surface area contributed by atoms with Gasteiger partial charge in [0.25, 0.3) is 0 Å². The molecule has 0 aromatic carbocycles. The van der Waals surface area contributed by atoms with Crippen LogP contribution in [0, 0.1) is 12.8 Å². The predicted octanol–water partition coefficient (Wildman–Crippen LogP) is 2.98. The SMILES string of the molecule is Cc1cc(CCC(C)C)ccn1. The third kappa shape index (κ3) is 3.04. The van der Waals surface area contributed by atoms with Crippen LogP contribution in [0.1, 0.15) is 31.5 Å². The molecule has 0 unspecified atom stereocenters. The van der Waals surface area contributed by atoms with Gasteiger partial charge in [-0.15, -0.1) is 0 Å². The lowest BCUT2D eigenvalue weighted by Gasteiger charge is -2.04. The predicted molar refractivity (Wildman–Crippen MR) is 52.1 cm³/mol. The molecule has 0 radical (unpaired) electrons. The average Bonchev–Trinajstić information content (AvgIpc) is 2.01. The zero-order valence-corrected chi connectivity index (χ0v) is 8.17. The quantitative estimate of drug-likeness (QED) is 0.667. The largest absolute Gasteiger partial charge is 0.262 e. The van der Waals surface area contributed by atoms with E-state index in [4.69, 9.17) is 0 Å². The zero-order valence-electron chi connectivity index (χ0n) is 8.17. The van der Waals surface area contributed by atoms with Crippen molar-refractivity contribution in [2.75, 3.05) is 0 Å². The maximum Gasteiger partial charge on any atom is 0.0375 e. The Morgan fingerprint density at radius 2 is 2.17 bits per heavy atom. The second-order valence-corrected chi connectivity index (χ2v) is 3.74. The summed E-state index contributed by atoms with van der Waals surface area (Å²) in [6.07, 6.45) is 4.34. The highest BCUT2D eigenvalue weighted by molar-refractivity contribution is 5.15. The molecule has 0 saturated heterocycles. The fourth-order valence-electron chi connectivity index (χ4n) is 1.22. The van der Waals surface area contributed by atoms with Gasteiger partial charge in [0.2, 0.25) is 0 Å². The van der Waals surface area contributed by atoms with Gasteiger partial charge in [0.05, 0.1) is 0 Å². The van der Waals surface area contributed by atoms with E-state index >= 15 is 0 Å². The molecule has 0 aliphatic carbocycles. The smallest absolute Gasteiger partial charge is 0.0375 e. The van der Waals surface area contributed by atoms with Crippen LogP contribution in [-0.2, 0) is 6.42 Å². The van der Waals surface area contributed by atoms with Crippen molar-refractivity contribution in [2.45, 2.75) is 33.6 Å². The minimum atomic E-state index is 0.790.